The Balaban J connectivity index is 1.77. The Kier molecular flexibility index (Phi) is 5.34. The number of fused-ring (bicyclic) bond motifs is 1. The third-order valence-corrected chi connectivity index (χ3v) is 7.58. The largest absolute Gasteiger partial charge is 0.298 e. The number of halogens is 2. The molecule has 0 bridgehead atoms. The average Bonchev–Trinajstić information content (AvgIpc) is 2.95. The van der Waals surface area contributed by atoms with Crippen molar-refractivity contribution < 1.29 is 17.6 Å². The second-order valence-corrected chi connectivity index (χ2v) is 10.1. The van der Waals surface area contributed by atoms with Crippen LogP contribution in [0.25, 0.3) is 0 Å². The molecule has 1 N–H and O–H groups in total. The van der Waals surface area contributed by atoms with Crippen LogP contribution in [0.5, 0.6) is 0 Å². The van der Waals surface area contributed by atoms with Crippen molar-refractivity contribution in [1.82, 2.24) is 9.29 Å². The fourth-order valence-electron chi connectivity index (χ4n) is 2.58. The monoisotopic (exact) mass is 417 g/mol. The first kappa shape index (κ1) is 19.2. The van der Waals surface area contributed by atoms with Gasteiger partial charge in [0.25, 0.3) is 5.91 Å². The maximum absolute atomic E-state index is 13.1. The number of hydrogen-bond acceptors (Lipinski definition) is 5. The van der Waals surface area contributed by atoms with E-state index in [4.69, 9.17) is 11.6 Å². The van der Waals surface area contributed by atoms with E-state index < -0.39 is 27.0 Å². The van der Waals surface area contributed by atoms with Gasteiger partial charge in [-0.15, -0.1) is 11.3 Å². The molecule has 10 heteroatoms. The SMILES string of the molecule is CC(C)S(=O)(=O)N1CCc2nc(NC(=O)c3ccc(F)cc3Cl)sc2C1. The topological polar surface area (TPSA) is 79.4 Å². The van der Waals surface area contributed by atoms with E-state index in [0.29, 0.717) is 18.1 Å². The second kappa shape index (κ2) is 7.22. The number of sulfonamides is 1. The zero-order valence-electron chi connectivity index (χ0n) is 14.1. The maximum atomic E-state index is 13.1. The quantitative estimate of drug-likeness (QED) is 0.827. The number of carbonyl (C=O) groups is 1. The fourth-order valence-corrected chi connectivity index (χ4v) is 5.18. The summed E-state index contributed by atoms with van der Waals surface area (Å²) in [5, 5.41) is 2.53. The van der Waals surface area contributed by atoms with Crippen LogP contribution >= 0.6 is 22.9 Å². The predicted octanol–water partition coefficient (Wildman–Crippen LogP) is 3.28. The van der Waals surface area contributed by atoms with Crippen LogP contribution in [-0.2, 0) is 23.0 Å². The number of rotatable bonds is 4. The molecule has 1 aromatic carbocycles. The van der Waals surface area contributed by atoms with Crippen molar-refractivity contribution >= 4 is 44.0 Å². The third kappa shape index (κ3) is 3.75. The van der Waals surface area contributed by atoms with Gasteiger partial charge in [-0.25, -0.2) is 17.8 Å². The van der Waals surface area contributed by atoms with E-state index in [0.717, 1.165) is 22.7 Å². The normalized spacial score (nSPS) is 15.1. The Labute approximate surface area is 160 Å². The molecule has 3 rings (SSSR count). The summed E-state index contributed by atoms with van der Waals surface area (Å²) < 4.78 is 39.2. The summed E-state index contributed by atoms with van der Waals surface area (Å²) in [7, 11) is -3.34. The molecule has 1 aliphatic heterocycles. The average molecular weight is 418 g/mol. The number of hydrogen-bond donors (Lipinski definition) is 1. The molecule has 0 atom stereocenters. The van der Waals surface area contributed by atoms with E-state index in [1.165, 1.54) is 21.7 Å². The highest BCUT2D eigenvalue weighted by Crippen LogP contribution is 2.31. The van der Waals surface area contributed by atoms with Crippen LogP contribution in [0, 0.1) is 5.82 Å². The first-order valence-electron chi connectivity index (χ1n) is 7.92. The first-order chi connectivity index (χ1) is 12.2. The number of amides is 1. The summed E-state index contributed by atoms with van der Waals surface area (Å²) in [5.74, 6) is -1.02. The van der Waals surface area contributed by atoms with Crippen LogP contribution in [-0.4, -0.2) is 35.4 Å². The molecule has 0 saturated heterocycles. The minimum absolute atomic E-state index is 0.0121. The molecular formula is C16H17ClFN3O3S2. The minimum Gasteiger partial charge on any atom is -0.298 e. The van der Waals surface area contributed by atoms with Crippen molar-refractivity contribution in [2.24, 2.45) is 0 Å². The molecule has 0 aliphatic carbocycles. The highest BCUT2D eigenvalue weighted by atomic mass is 35.5. The van der Waals surface area contributed by atoms with Crippen LogP contribution < -0.4 is 5.32 Å². The van der Waals surface area contributed by atoms with Crippen molar-refractivity contribution in [3.8, 4) is 0 Å². The smallest absolute Gasteiger partial charge is 0.258 e. The molecule has 2 heterocycles. The molecule has 0 unspecified atom stereocenters. The summed E-state index contributed by atoms with van der Waals surface area (Å²) in [6.45, 7) is 3.92. The van der Waals surface area contributed by atoms with Crippen LogP contribution in [0.1, 0.15) is 34.8 Å². The standard InChI is InChI=1S/C16H17ClFN3O3S2/c1-9(2)26(23,24)21-6-5-13-14(8-21)25-16(19-13)20-15(22)11-4-3-10(18)7-12(11)17/h3-4,7,9H,5-6,8H2,1-2H3,(H,19,20,22). The van der Waals surface area contributed by atoms with Gasteiger partial charge in [0.15, 0.2) is 5.13 Å². The lowest BCUT2D eigenvalue weighted by atomic mass is 10.2. The third-order valence-electron chi connectivity index (χ3n) is 4.05. The molecule has 2 aromatic rings. The lowest BCUT2D eigenvalue weighted by molar-refractivity contribution is 0.102. The molecule has 0 saturated carbocycles. The summed E-state index contributed by atoms with van der Waals surface area (Å²) in [4.78, 5) is 17.5. The Bertz CT molecular complexity index is 960. The van der Waals surface area contributed by atoms with Gasteiger partial charge in [0.05, 0.1) is 21.5 Å². The molecule has 1 aromatic heterocycles. The second-order valence-electron chi connectivity index (χ2n) is 6.14. The zero-order chi connectivity index (χ0) is 19.1. The Morgan fingerprint density at radius 2 is 2.15 bits per heavy atom. The summed E-state index contributed by atoms with van der Waals surface area (Å²) >= 11 is 7.13. The van der Waals surface area contributed by atoms with Crippen molar-refractivity contribution in [2.75, 3.05) is 11.9 Å². The van der Waals surface area contributed by atoms with E-state index in [-0.39, 0.29) is 17.1 Å². The summed E-state index contributed by atoms with van der Waals surface area (Å²) in [5.41, 5.74) is 0.927. The van der Waals surface area contributed by atoms with Crippen molar-refractivity contribution in [1.29, 1.82) is 0 Å². The Morgan fingerprint density at radius 3 is 2.81 bits per heavy atom. The molecule has 0 spiro atoms. The highest BCUT2D eigenvalue weighted by Gasteiger charge is 2.31. The van der Waals surface area contributed by atoms with E-state index in [1.807, 2.05) is 0 Å². The van der Waals surface area contributed by atoms with Crippen molar-refractivity contribution in [3.05, 3.63) is 45.2 Å². The van der Waals surface area contributed by atoms with Crippen LogP contribution in [0.4, 0.5) is 9.52 Å². The number of thiazole rings is 1. The van der Waals surface area contributed by atoms with Crippen LogP contribution in [0.15, 0.2) is 18.2 Å². The van der Waals surface area contributed by atoms with Crippen LogP contribution in [0.2, 0.25) is 5.02 Å². The van der Waals surface area contributed by atoms with Gasteiger partial charge in [-0.1, -0.05) is 11.6 Å². The molecule has 1 aliphatic rings. The molecule has 1 amide bonds. The number of nitrogens with zero attached hydrogens (tertiary/aromatic N) is 2. The number of nitrogens with one attached hydrogen (secondary N) is 1. The molecular weight excluding hydrogens is 401 g/mol. The number of carbonyl (C=O) groups excluding carboxylic acids is 1. The van der Waals surface area contributed by atoms with E-state index in [2.05, 4.69) is 10.3 Å². The van der Waals surface area contributed by atoms with Gasteiger partial charge in [-0.05, 0) is 32.0 Å². The number of benzene rings is 1. The van der Waals surface area contributed by atoms with Gasteiger partial charge < -0.3 is 0 Å². The predicted molar refractivity (Wildman–Crippen MR) is 99.6 cm³/mol. The first-order valence-corrected chi connectivity index (χ1v) is 10.6. The van der Waals surface area contributed by atoms with Crippen LogP contribution in [0.3, 0.4) is 0 Å². The van der Waals surface area contributed by atoms with Gasteiger partial charge in [0, 0.05) is 24.4 Å². The van der Waals surface area contributed by atoms with E-state index in [9.17, 15) is 17.6 Å². The number of aromatic nitrogens is 1. The molecule has 6 nitrogen and oxygen atoms in total. The molecule has 140 valence electrons. The summed E-state index contributed by atoms with van der Waals surface area (Å²) in [6.07, 6.45) is 0.491. The number of anilines is 1. The highest BCUT2D eigenvalue weighted by molar-refractivity contribution is 7.89. The van der Waals surface area contributed by atoms with Crippen molar-refractivity contribution in [3.63, 3.8) is 0 Å². The lowest BCUT2D eigenvalue weighted by Crippen LogP contribution is -2.39. The molecule has 0 radical (unpaired) electrons. The molecule has 26 heavy (non-hydrogen) atoms. The minimum atomic E-state index is -3.34. The zero-order valence-corrected chi connectivity index (χ0v) is 16.5. The van der Waals surface area contributed by atoms with E-state index >= 15 is 0 Å². The Morgan fingerprint density at radius 1 is 1.42 bits per heavy atom. The maximum Gasteiger partial charge on any atom is 0.258 e. The van der Waals surface area contributed by atoms with Gasteiger partial charge in [0.2, 0.25) is 10.0 Å². The van der Waals surface area contributed by atoms with Gasteiger partial charge in [-0.2, -0.15) is 4.31 Å². The lowest BCUT2D eigenvalue weighted by Gasteiger charge is -2.26. The van der Waals surface area contributed by atoms with Gasteiger partial charge in [-0.3, -0.25) is 10.1 Å². The summed E-state index contributed by atoms with van der Waals surface area (Å²) in [6, 6.07) is 3.53. The van der Waals surface area contributed by atoms with Crippen molar-refractivity contribution in [2.45, 2.75) is 32.1 Å². The Hall–Kier alpha value is -1.55. The van der Waals surface area contributed by atoms with E-state index in [1.54, 1.807) is 13.8 Å². The van der Waals surface area contributed by atoms with Gasteiger partial charge >= 0.3 is 0 Å². The molecule has 0 fully saturated rings. The fraction of sp³-hybridized carbons (Fsp3) is 0.375. The van der Waals surface area contributed by atoms with Gasteiger partial charge in [0.1, 0.15) is 5.82 Å².